The predicted molar refractivity (Wildman–Crippen MR) is 90.7 cm³/mol. The van der Waals surface area contributed by atoms with Crippen molar-refractivity contribution < 1.29 is 5.11 Å². The van der Waals surface area contributed by atoms with Gasteiger partial charge in [0.2, 0.25) is 0 Å². The Labute approximate surface area is 137 Å². The van der Waals surface area contributed by atoms with E-state index in [4.69, 9.17) is 0 Å². The van der Waals surface area contributed by atoms with Crippen LogP contribution in [0.4, 0.5) is 0 Å². The third-order valence-corrected chi connectivity index (χ3v) is 4.42. The van der Waals surface area contributed by atoms with Crippen molar-refractivity contribution in [3.63, 3.8) is 0 Å². The van der Waals surface area contributed by atoms with Crippen molar-refractivity contribution in [2.24, 2.45) is 5.92 Å². The summed E-state index contributed by atoms with van der Waals surface area (Å²) in [4.78, 5) is 8.85. The van der Waals surface area contributed by atoms with Crippen molar-refractivity contribution in [3.8, 4) is 11.8 Å². The highest BCUT2D eigenvalue weighted by Crippen LogP contribution is 2.27. The van der Waals surface area contributed by atoms with Crippen LogP contribution in [0.3, 0.4) is 0 Å². The van der Waals surface area contributed by atoms with Gasteiger partial charge in [-0.2, -0.15) is 0 Å². The second kappa shape index (κ2) is 7.89. The van der Waals surface area contributed by atoms with Gasteiger partial charge in [-0.25, -0.2) is 9.97 Å². The van der Waals surface area contributed by atoms with E-state index in [1.807, 2.05) is 42.7 Å². The van der Waals surface area contributed by atoms with Gasteiger partial charge in [-0.05, 0) is 50.2 Å². The van der Waals surface area contributed by atoms with Crippen LogP contribution in [0.25, 0.3) is 0 Å². The Hall–Kier alpha value is -2.18. The Balaban J connectivity index is 1.52. The summed E-state index contributed by atoms with van der Waals surface area (Å²) in [5, 5.41) is 9.54. The summed E-state index contributed by atoms with van der Waals surface area (Å²) < 4.78 is 0. The molecule has 0 amide bonds. The van der Waals surface area contributed by atoms with Gasteiger partial charge in [-0.15, -0.1) is 0 Å². The monoisotopic (exact) mass is 306 g/mol. The highest BCUT2D eigenvalue weighted by molar-refractivity contribution is 5.40. The summed E-state index contributed by atoms with van der Waals surface area (Å²) in [6.45, 7) is 0. The van der Waals surface area contributed by atoms with Gasteiger partial charge in [0.15, 0.2) is 0 Å². The standard InChI is InChI=1S/C20H22N2O/c23-19-11-8-17(9-12-19)10-13-20-21-14-18(15-22-20)7-6-16-4-2-1-3-5-16/h1-5,14-15,17,19,23H,8-13H2/t17-,19-. The fourth-order valence-electron chi connectivity index (χ4n) is 2.98. The molecule has 1 saturated carbocycles. The highest BCUT2D eigenvalue weighted by Gasteiger charge is 2.19. The highest BCUT2D eigenvalue weighted by atomic mass is 16.3. The minimum absolute atomic E-state index is 0.0787. The van der Waals surface area contributed by atoms with E-state index < -0.39 is 0 Å². The Kier molecular flexibility index (Phi) is 5.39. The minimum atomic E-state index is -0.0787. The summed E-state index contributed by atoms with van der Waals surface area (Å²) >= 11 is 0. The smallest absolute Gasteiger partial charge is 0.128 e. The van der Waals surface area contributed by atoms with E-state index in [0.717, 1.165) is 55.5 Å². The van der Waals surface area contributed by atoms with E-state index in [2.05, 4.69) is 21.8 Å². The number of rotatable bonds is 3. The van der Waals surface area contributed by atoms with Gasteiger partial charge in [0.1, 0.15) is 5.82 Å². The molecule has 3 heteroatoms. The van der Waals surface area contributed by atoms with Crippen LogP contribution in [0.5, 0.6) is 0 Å². The number of benzene rings is 1. The van der Waals surface area contributed by atoms with Crippen molar-refractivity contribution in [2.45, 2.75) is 44.6 Å². The molecular weight excluding hydrogens is 284 g/mol. The Morgan fingerprint density at radius 1 is 0.913 bits per heavy atom. The molecule has 0 atom stereocenters. The largest absolute Gasteiger partial charge is 0.393 e. The second-order valence-corrected chi connectivity index (χ2v) is 6.22. The molecule has 0 saturated heterocycles. The molecule has 0 aliphatic heterocycles. The SMILES string of the molecule is O[C@H]1CC[C@H](CCc2ncc(C#Cc3ccccc3)cn2)CC1. The van der Waals surface area contributed by atoms with E-state index >= 15 is 0 Å². The number of aryl methyl sites for hydroxylation is 1. The maximum Gasteiger partial charge on any atom is 0.128 e. The van der Waals surface area contributed by atoms with E-state index in [0.29, 0.717) is 5.92 Å². The molecule has 1 aromatic heterocycles. The van der Waals surface area contributed by atoms with Crippen LogP contribution < -0.4 is 0 Å². The normalized spacial score (nSPS) is 20.6. The van der Waals surface area contributed by atoms with Gasteiger partial charge in [0, 0.05) is 24.4 Å². The quantitative estimate of drug-likeness (QED) is 0.885. The molecule has 1 aliphatic rings. The summed E-state index contributed by atoms with van der Waals surface area (Å²) in [5.41, 5.74) is 1.84. The zero-order valence-corrected chi connectivity index (χ0v) is 13.3. The molecule has 0 unspecified atom stereocenters. The molecule has 23 heavy (non-hydrogen) atoms. The molecule has 1 fully saturated rings. The summed E-state index contributed by atoms with van der Waals surface area (Å²) in [6.07, 6.45) is 9.70. The van der Waals surface area contributed by atoms with E-state index in [9.17, 15) is 5.11 Å². The molecule has 118 valence electrons. The van der Waals surface area contributed by atoms with Crippen molar-refractivity contribution in [1.29, 1.82) is 0 Å². The molecule has 3 rings (SSSR count). The van der Waals surface area contributed by atoms with Crippen LogP contribution in [0.1, 0.15) is 49.1 Å². The third-order valence-electron chi connectivity index (χ3n) is 4.42. The van der Waals surface area contributed by atoms with Crippen LogP contribution in [-0.4, -0.2) is 21.2 Å². The maximum atomic E-state index is 9.54. The van der Waals surface area contributed by atoms with Gasteiger partial charge in [-0.3, -0.25) is 0 Å². The molecular formula is C20H22N2O. The molecule has 1 aliphatic carbocycles. The fraction of sp³-hybridized carbons (Fsp3) is 0.400. The van der Waals surface area contributed by atoms with Gasteiger partial charge >= 0.3 is 0 Å². The second-order valence-electron chi connectivity index (χ2n) is 6.22. The number of nitrogens with zero attached hydrogens (tertiary/aromatic N) is 2. The molecule has 0 spiro atoms. The number of hydrogen-bond donors (Lipinski definition) is 1. The lowest BCUT2D eigenvalue weighted by atomic mass is 9.84. The summed E-state index contributed by atoms with van der Waals surface area (Å²) in [6, 6.07) is 9.92. The van der Waals surface area contributed by atoms with Crippen molar-refractivity contribution in [2.75, 3.05) is 0 Å². The maximum absolute atomic E-state index is 9.54. The number of hydrogen-bond acceptors (Lipinski definition) is 3. The van der Waals surface area contributed by atoms with Crippen LogP contribution in [-0.2, 0) is 6.42 Å². The van der Waals surface area contributed by atoms with Crippen LogP contribution in [0.15, 0.2) is 42.7 Å². The van der Waals surface area contributed by atoms with Crippen LogP contribution in [0.2, 0.25) is 0 Å². The zero-order valence-electron chi connectivity index (χ0n) is 13.3. The number of aromatic nitrogens is 2. The zero-order chi connectivity index (χ0) is 15.9. The van der Waals surface area contributed by atoms with Crippen molar-refractivity contribution >= 4 is 0 Å². The fourth-order valence-corrected chi connectivity index (χ4v) is 2.98. The topological polar surface area (TPSA) is 46.0 Å². The molecule has 2 aromatic rings. The average molecular weight is 306 g/mol. The van der Waals surface area contributed by atoms with Crippen LogP contribution >= 0.6 is 0 Å². The minimum Gasteiger partial charge on any atom is -0.393 e. The molecule has 3 nitrogen and oxygen atoms in total. The lowest BCUT2D eigenvalue weighted by Gasteiger charge is -2.24. The van der Waals surface area contributed by atoms with E-state index in [1.54, 1.807) is 0 Å². The molecule has 1 aromatic carbocycles. The summed E-state index contributed by atoms with van der Waals surface area (Å²) in [7, 11) is 0. The Morgan fingerprint density at radius 3 is 2.26 bits per heavy atom. The first kappa shape index (κ1) is 15.7. The predicted octanol–water partition coefficient (Wildman–Crippen LogP) is 3.36. The number of aliphatic hydroxyl groups excluding tert-OH is 1. The average Bonchev–Trinajstić information content (AvgIpc) is 2.61. The van der Waals surface area contributed by atoms with Crippen molar-refractivity contribution in [1.82, 2.24) is 9.97 Å². The van der Waals surface area contributed by atoms with Gasteiger partial charge < -0.3 is 5.11 Å². The Bertz CT molecular complexity index is 662. The number of aliphatic hydroxyl groups is 1. The van der Waals surface area contributed by atoms with Crippen LogP contribution in [0, 0.1) is 17.8 Å². The molecule has 1 heterocycles. The summed E-state index contributed by atoms with van der Waals surface area (Å²) in [5.74, 6) is 7.81. The van der Waals surface area contributed by atoms with Gasteiger partial charge in [-0.1, -0.05) is 30.0 Å². The Morgan fingerprint density at radius 2 is 1.57 bits per heavy atom. The lowest BCUT2D eigenvalue weighted by Crippen LogP contribution is -2.18. The van der Waals surface area contributed by atoms with E-state index in [-0.39, 0.29) is 6.10 Å². The van der Waals surface area contributed by atoms with E-state index in [1.165, 1.54) is 0 Å². The molecule has 0 radical (unpaired) electrons. The first-order valence-electron chi connectivity index (χ1n) is 8.35. The molecule has 1 N–H and O–H groups in total. The van der Waals surface area contributed by atoms with Crippen molar-refractivity contribution in [3.05, 3.63) is 59.7 Å². The first-order valence-corrected chi connectivity index (χ1v) is 8.35. The third kappa shape index (κ3) is 4.91. The first-order chi connectivity index (χ1) is 11.3. The lowest BCUT2D eigenvalue weighted by molar-refractivity contribution is 0.106. The van der Waals surface area contributed by atoms with Gasteiger partial charge in [0.25, 0.3) is 0 Å². The van der Waals surface area contributed by atoms with Gasteiger partial charge in [0.05, 0.1) is 11.7 Å². The molecule has 0 bridgehead atoms.